The van der Waals surface area contributed by atoms with Gasteiger partial charge < -0.3 is 14.5 Å². The lowest BCUT2D eigenvalue weighted by Crippen LogP contribution is -2.41. The number of likely N-dealkylation sites (tertiary alicyclic amines) is 1. The minimum Gasteiger partial charge on any atom is -0.476 e. The van der Waals surface area contributed by atoms with E-state index in [1.54, 1.807) is 18.7 Å². The quantitative estimate of drug-likeness (QED) is 0.899. The maximum Gasteiger partial charge on any atom is 0.358 e. The molecule has 0 radical (unpaired) electrons. The van der Waals surface area contributed by atoms with E-state index < -0.39 is 5.97 Å². The first-order valence-electron chi connectivity index (χ1n) is 7.34. The van der Waals surface area contributed by atoms with Gasteiger partial charge in [-0.25, -0.2) is 9.48 Å². The highest BCUT2D eigenvalue weighted by atomic mass is 16.5. The number of carboxylic acids is 1. The maximum atomic E-state index is 12.7. The van der Waals surface area contributed by atoms with Gasteiger partial charge in [-0.1, -0.05) is 10.4 Å². The molecular weight excluding hydrogens is 302 g/mol. The van der Waals surface area contributed by atoms with Gasteiger partial charge in [0.1, 0.15) is 11.3 Å². The summed E-state index contributed by atoms with van der Waals surface area (Å²) in [4.78, 5) is 25.3. The fourth-order valence-electron chi connectivity index (χ4n) is 2.85. The molecule has 2 aromatic heterocycles. The van der Waals surface area contributed by atoms with Crippen molar-refractivity contribution in [3.05, 3.63) is 28.9 Å². The third-order valence-electron chi connectivity index (χ3n) is 4.03. The first-order chi connectivity index (χ1) is 11.0. The van der Waals surface area contributed by atoms with Crippen molar-refractivity contribution in [2.75, 3.05) is 13.1 Å². The molecule has 23 heavy (non-hydrogen) atoms. The van der Waals surface area contributed by atoms with Crippen LogP contribution < -0.4 is 0 Å². The number of nitrogens with zero attached hydrogens (tertiary/aromatic N) is 5. The molecule has 1 saturated heterocycles. The van der Waals surface area contributed by atoms with Crippen LogP contribution in [0.4, 0.5) is 0 Å². The zero-order chi connectivity index (χ0) is 16.6. The summed E-state index contributed by atoms with van der Waals surface area (Å²) in [6, 6.07) is -0.0891. The van der Waals surface area contributed by atoms with Crippen molar-refractivity contribution < 1.29 is 19.2 Å². The van der Waals surface area contributed by atoms with Gasteiger partial charge >= 0.3 is 5.97 Å². The standard InChI is InChI=1S/C14H17N5O4/c1-8-12(9(2)23-16-8)13(20)18-5-3-4-10(6-18)19-7-11(14(21)22)15-17-19/h7,10H,3-6H2,1-2H3,(H,21,22). The zero-order valence-corrected chi connectivity index (χ0v) is 12.9. The second kappa shape index (κ2) is 5.82. The van der Waals surface area contributed by atoms with Crippen LogP contribution in [0.3, 0.4) is 0 Å². The van der Waals surface area contributed by atoms with E-state index >= 15 is 0 Å². The smallest absolute Gasteiger partial charge is 0.358 e. The van der Waals surface area contributed by atoms with Crippen LogP contribution in [0.15, 0.2) is 10.7 Å². The average molecular weight is 319 g/mol. The molecule has 0 aromatic carbocycles. The SMILES string of the molecule is Cc1noc(C)c1C(=O)N1CCCC(n2cc(C(=O)O)nn2)C1. The second-order valence-electron chi connectivity index (χ2n) is 5.64. The van der Waals surface area contributed by atoms with Crippen molar-refractivity contribution in [3.8, 4) is 0 Å². The fourth-order valence-corrected chi connectivity index (χ4v) is 2.85. The number of hydrogen-bond acceptors (Lipinski definition) is 6. The Morgan fingerprint density at radius 3 is 2.78 bits per heavy atom. The molecule has 122 valence electrons. The number of aromatic carboxylic acids is 1. The minimum absolute atomic E-state index is 0.0891. The van der Waals surface area contributed by atoms with Gasteiger partial charge in [0.2, 0.25) is 0 Å². The van der Waals surface area contributed by atoms with E-state index in [2.05, 4.69) is 15.5 Å². The first kappa shape index (κ1) is 15.2. The lowest BCUT2D eigenvalue weighted by Gasteiger charge is -2.32. The molecule has 1 unspecified atom stereocenters. The van der Waals surface area contributed by atoms with Crippen LogP contribution in [0, 0.1) is 13.8 Å². The van der Waals surface area contributed by atoms with E-state index in [1.165, 1.54) is 10.9 Å². The summed E-state index contributed by atoms with van der Waals surface area (Å²) in [7, 11) is 0. The Morgan fingerprint density at radius 1 is 1.39 bits per heavy atom. The van der Waals surface area contributed by atoms with Crippen LogP contribution in [-0.4, -0.2) is 55.1 Å². The molecule has 1 amide bonds. The van der Waals surface area contributed by atoms with Crippen LogP contribution in [0.2, 0.25) is 0 Å². The maximum absolute atomic E-state index is 12.7. The number of carboxylic acid groups (broad SMARTS) is 1. The molecular formula is C14H17N5O4. The van der Waals surface area contributed by atoms with Crippen molar-refractivity contribution in [2.24, 2.45) is 0 Å². The number of aromatic nitrogens is 4. The van der Waals surface area contributed by atoms with Crippen molar-refractivity contribution >= 4 is 11.9 Å². The molecule has 0 aliphatic carbocycles. The molecule has 1 aliphatic rings. The molecule has 3 rings (SSSR count). The van der Waals surface area contributed by atoms with Gasteiger partial charge in [0.15, 0.2) is 5.69 Å². The molecule has 2 aromatic rings. The van der Waals surface area contributed by atoms with Crippen LogP contribution in [0.5, 0.6) is 0 Å². The van der Waals surface area contributed by atoms with Gasteiger partial charge in [0.05, 0.1) is 17.9 Å². The number of rotatable bonds is 3. The third-order valence-corrected chi connectivity index (χ3v) is 4.03. The van der Waals surface area contributed by atoms with Crippen LogP contribution in [-0.2, 0) is 0 Å². The Kier molecular flexibility index (Phi) is 3.85. The normalized spacial score (nSPS) is 18.2. The van der Waals surface area contributed by atoms with Crippen LogP contribution >= 0.6 is 0 Å². The highest BCUT2D eigenvalue weighted by Crippen LogP contribution is 2.24. The van der Waals surface area contributed by atoms with Crippen molar-refractivity contribution in [2.45, 2.75) is 32.7 Å². The van der Waals surface area contributed by atoms with E-state index in [4.69, 9.17) is 9.63 Å². The number of aryl methyl sites for hydroxylation is 2. The first-order valence-corrected chi connectivity index (χ1v) is 7.34. The second-order valence-corrected chi connectivity index (χ2v) is 5.64. The summed E-state index contributed by atoms with van der Waals surface area (Å²) >= 11 is 0. The summed E-state index contributed by atoms with van der Waals surface area (Å²) in [6.45, 7) is 4.54. The number of amides is 1. The van der Waals surface area contributed by atoms with Crippen molar-refractivity contribution in [1.29, 1.82) is 0 Å². The van der Waals surface area contributed by atoms with Crippen molar-refractivity contribution in [3.63, 3.8) is 0 Å². The highest BCUT2D eigenvalue weighted by molar-refractivity contribution is 5.96. The summed E-state index contributed by atoms with van der Waals surface area (Å²) in [6.07, 6.45) is 3.02. The molecule has 1 atom stereocenters. The van der Waals surface area contributed by atoms with Gasteiger partial charge in [0, 0.05) is 13.1 Å². The third kappa shape index (κ3) is 2.81. The average Bonchev–Trinajstić information content (AvgIpc) is 3.14. The lowest BCUT2D eigenvalue weighted by molar-refractivity contribution is 0.0664. The molecule has 0 spiro atoms. The van der Waals surface area contributed by atoms with Gasteiger partial charge in [0.25, 0.3) is 5.91 Å². The summed E-state index contributed by atoms with van der Waals surface area (Å²) in [5, 5.41) is 20.2. The van der Waals surface area contributed by atoms with E-state index in [0.717, 1.165) is 12.8 Å². The number of carbonyl (C=O) groups is 2. The van der Waals surface area contributed by atoms with E-state index in [0.29, 0.717) is 30.1 Å². The Morgan fingerprint density at radius 2 is 2.17 bits per heavy atom. The Bertz CT molecular complexity index is 731. The van der Waals surface area contributed by atoms with Crippen LogP contribution in [0.1, 0.15) is 51.2 Å². The van der Waals surface area contributed by atoms with Gasteiger partial charge in [-0.15, -0.1) is 5.10 Å². The molecule has 3 heterocycles. The minimum atomic E-state index is -1.12. The number of piperidine rings is 1. The molecule has 0 saturated carbocycles. The predicted molar refractivity (Wildman–Crippen MR) is 77.1 cm³/mol. The van der Waals surface area contributed by atoms with E-state index in [-0.39, 0.29) is 17.6 Å². The Hall–Kier alpha value is -2.71. The molecule has 0 bridgehead atoms. The van der Waals surface area contributed by atoms with Crippen LogP contribution in [0.25, 0.3) is 0 Å². The summed E-state index contributed by atoms with van der Waals surface area (Å²) in [5.74, 6) is -0.733. The Balaban J connectivity index is 1.78. The number of carbonyl (C=O) groups excluding carboxylic acids is 1. The predicted octanol–water partition coefficient (Wildman–Crippen LogP) is 1.06. The van der Waals surface area contributed by atoms with Gasteiger partial charge in [-0.2, -0.15) is 0 Å². The summed E-state index contributed by atoms with van der Waals surface area (Å²) < 4.78 is 6.58. The molecule has 1 N–H and O–H groups in total. The monoisotopic (exact) mass is 319 g/mol. The Labute approximate surface area is 131 Å². The fraction of sp³-hybridized carbons (Fsp3) is 0.500. The highest BCUT2D eigenvalue weighted by Gasteiger charge is 2.29. The summed E-state index contributed by atoms with van der Waals surface area (Å²) in [5.41, 5.74) is 0.971. The van der Waals surface area contributed by atoms with Crippen molar-refractivity contribution in [1.82, 2.24) is 25.1 Å². The molecule has 9 nitrogen and oxygen atoms in total. The van der Waals surface area contributed by atoms with E-state index in [9.17, 15) is 9.59 Å². The van der Waals surface area contributed by atoms with E-state index in [1.807, 2.05) is 0 Å². The largest absolute Gasteiger partial charge is 0.476 e. The zero-order valence-electron chi connectivity index (χ0n) is 12.9. The molecule has 1 fully saturated rings. The topological polar surface area (TPSA) is 114 Å². The molecule has 9 heteroatoms. The lowest BCUT2D eigenvalue weighted by atomic mass is 10.0. The number of hydrogen-bond donors (Lipinski definition) is 1. The van der Waals surface area contributed by atoms with Gasteiger partial charge in [-0.3, -0.25) is 4.79 Å². The molecule has 1 aliphatic heterocycles. The van der Waals surface area contributed by atoms with Gasteiger partial charge in [-0.05, 0) is 26.7 Å².